The van der Waals surface area contributed by atoms with E-state index in [4.69, 9.17) is 0 Å². The highest BCUT2D eigenvalue weighted by Crippen LogP contribution is 2.30. The Balaban J connectivity index is 1.73. The molecule has 2 unspecified atom stereocenters. The van der Waals surface area contributed by atoms with Crippen molar-refractivity contribution in [1.82, 2.24) is 5.32 Å². The number of rotatable bonds is 1. The third kappa shape index (κ3) is 1.44. The molecule has 2 atom stereocenters. The van der Waals surface area contributed by atoms with E-state index < -0.39 is 0 Å². The minimum absolute atomic E-state index is 0.811. The van der Waals surface area contributed by atoms with Crippen molar-refractivity contribution < 1.29 is 0 Å². The lowest BCUT2D eigenvalue weighted by atomic mass is 9.93. The number of hydrogen-bond donors (Lipinski definition) is 1. The third-order valence-corrected chi connectivity index (χ3v) is 4.40. The number of thiophene rings is 1. The van der Waals surface area contributed by atoms with E-state index >= 15 is 0 Å². The molecule has 0 bridgehead atoms. The van der Waals surface area contributed by atoms with Gasteiger partial charge in [-0.1, -0.05) is 0 Å². The fourth-order valence-corrected chi connectivity index (χ4v) is 3.47. The van der Waals surface area contributed by atoms with Crippen molar-refractivity contribution in [3.63, 3.8) is 0 Å². The minimum atomic E-state index is 0.811. The minimum Gasteiger partial charge on any atom is -0.363 e. The van der Waals surface area contributed by atoms with Crippen LogP contribution < -0.4 is 10.2 Å². The quantitative estimate of drug-likeness (QED) is 0.758. The molecule has 2 aliphatic heterocycles. The van der Waals surface area contributed by atoms with Gasteiger partial charge >= 0.3 is 0 Å². The van der Waals surface area contributed by atoms with E-state index in [0.717, 1.165) is 12.0 Å². The van der Waals surface area contributed by atoms with Gasteiger partial charge in [-0.25, -0.2) is 0 Å². The Morgan fingerprint density at radius 3 is 3.29 bits per heavy atom. The number of anilines is 1. The van der Waals surface area contributed by atoms with E-state index in [1.54, 1.807) is 0 Å². The molecule has 0 saturated carbocycles. The summed E-state index contributed by atoms with van der Waals surface area (Å²) in [5, 5.41) is 7.23. The smallest absolute Gasteiger partial charge is 0.0908 e. The van der Waals surface area contributed by atoms with Crippen LogP contribution in [0.5, 0.6) is 0 Å². The molecule has 3 heteroatoms. The van der Waals surface area contributed by atoms with E-state index in [-0.39, 0.29) is 0 Å². The van der Waals surface area contributed by atoms with Crippen LogP contribution in [0.3, 0.4) is 0 Å². The number of hydrogen-bond acceptors (Lipinski definition) is 3. The number of nitrogens with zero attached hydrogens (tertiary/aromatic N) is 1. The van der Waals surface area contributed by atoms with Gasteiger partial charge in [-0.15, -0.1) is 11.3 Å². The fourth-order valence-electron chi connectivity index (χ4n) is 2.70. The molecule has 1 aromatic heterocycles. The van der Waals surface area contributed by atoms with Crippen LogP contribution in [0.15, 0.2) is 17.5 Å². The molecule has 2 aliphatic rings. The van der Waals surface area contributed by atoms with Gasteiger partial charge in [-0.05, 0) is 42.8 Å². The van der Waals surface area contributed by atoms with E-state index in [2.05, 4.69) is 27.7 Å². The van der Waals surface area contributed by atoms with Gasteiger partial charge in [0.05, 0.1) is 5.00 Å². The van der Waals surface area contributed by atoms with E-state index in [0.29, 0.717) is 0 Å². The van der Waals surface area contributed by atoms with Crippen molar-refractivity contribution in [2.24, 2.45) is 5.92 Å². The Morgan fingerprint density at radius 2 is 2.43 bits per heavy atom. The lowest BCUT2D eigenvalue weighted by molar-refractivity contribution is 0.377. The van der Waals surface area contributed by atoms with Crippen LogP contribution in [0.1, 0.15) is 12.8 Å². The van der Waals surface area contributed by atoms with Gasteiger partial charge in [0, 0.05) is 19.1 Å². The molecule has 0 aromatic carbocycles. The van der Waals surface area contributed by atoms with Crippen molar-refractivity contribution in [2.45, 2.75) is 18.9 Å². The molecule has 76 valence electrons. The first-order valence-electron chi connectivity index (χ1n) is 5.45. The van der Waals surface area contributed by atoms with Crippen LogP contribution in [0, 0.1) is 5.92 Å². The normalized spacial score (nSPS) is 31.9. The van der Waals surface area contributed by atoms with Crippen LogP contribution in [0.2, 0.25) is 0 Å². The lowest BCUT2D eigenvalue weighted by Crippen LogP contribution is -2.44. The molecular formula is C11H16N2S. The van der Waals surface area contributed by atoms with Gasteiger partial charge in [0.1, 0.15) is 0 Å². The van der Waals surface area contributed by atoms with Gasteiger partial charge < -0.3 is 10.2 Å². The first kappa shape index (κ1) is 8.74. The highest BCUT2D eigenvalue weighted by molar-refractivity contribution is 7.14. The lowest BCUT2D eigenvalue weighted by Gasteiger charge is -2.35. The summed E-state index contributed by atoms with van der Waals surface area (Å²) in [6.45, 7) is 3.72. The molecule has 0 amide bonds. The molecule has 2 saturated heterocycles. The van der Waals surface area contributed by atoms with Crippen molar-refractivity contribution in [3.8, 4) is 0 Å². The molecule has 1 aromatic rings. The number of nitrogens with one attached hydrogen (secondary N) is 1. The zero-order valence-electron chi connectivity index (χ0n) is 8.28. The van der Waals surface area contributed by atoms with Crippen molar-refractivity contribution in [1.29, 1.82) is 0 Å². The molecule has 3 heterocycles. The second-order valence-corrected chi connectivity index (χ2v) is 5.22. The predicted octanol–water partition coefficient (Wildman–Crippen LogP) is 1.94. The zero-order chi connectivity index (χ0) is 9.38. The summed E-state index contributed by atoms with van der Waals surface area (Å²) in [6, 6.07) is 5.21. The van der Waals surface area contributed by atoms with Crippen LogP contribution in [-0.2, 0) is 0 Å². The van der Waals surface area contributed by atoms with Gasteiger partial charge in [-0.2, -0.15) is 0 Å². The average molecular weight is 208 g/mol. The van der Waals surface area contributed by atoms with Crippen molar-refractivity contribution >= 4 is 16.3 Å². The summed E-state index contributed by atoms with van der Waals surface area (Å²) in [5.74, 6) is 0.894. The summed E-state index contributed by atoms with van der Waals surface area (Å²) in [6.07, 6.45) is 2.69. The molecular weight excluding hydrogens is 192 g/mol. The molecule has 14 heavy (non-hydrogen) atoms. The van der Waals surface area contributed by atoms with Gasteiger partial charge in [0.15, 0.2) is 0 Å². The molecule has 2 fully saturated rings. The Hall–Kier alpha value is -0.540. The molecule has 0 spiro atoms. The van der Waals surface area contributed by atoms with Crippen molar-refractivity contribution in [3.05, 3.63) is 17.5 Å². The second kappa shape index (κ2) is 3.55. The van der Waals surface area contributed by atoms with Crippen LogP contribution >= 0.6 is 11.3 Å². The average Bonchev–Trinajstić information content (AvgIpc) is 2.88. The van der Waals surface area contributed by atoms with Crippen molar-refractivity contribution in [2.75, 3.05) is 24.5 Å². The summed E-state index contributed by atoms with van der Waals surface area (Å²) >= 11 is 1.87. The van der Waals surface area contributed by atoms with Gasteiger partial charge in [-0.3, -0.25) is 0 Å². The predicted molar refractivity (Wildman–Crippen MR) is 61.0 cm³/mol. The van der Waals surface area contributed by atoms with E-state index in [1.165, 1.54) is 37.5 Å². The number of piperidine rings is 1. The van der Waals surface area contributed by atoms with E-state index in [9.17, 15) is 0 Å². The largest absolute Gasteiger partial charge is 0.363 e. The van der Waals surface area contributed by atoms with Gasteiger partial charge in [0.2, 0.25) is 0 Å². The molecule has 0 aliphatic carbocycles. The van der Waals surface area contributed by atoms with Crippen LogP contribution in [0.4, 0.5) is 5.00 Å². The first-order chi connectivity index (χ1) is 6.93. The Bertz CT molecular complexity index is 296. The molecule has 2 nitrogen and oxygen atoms in total. The Kier molecular flexibility index (Phi) is 2.22. The Morgan fingerprint density at radius 1 is 1.43 bits per heavy atom. The topological polar surface area (TPSA) is 15.3 Å². The highest BCUT2D eigenvalue weighted by atomic mass is 32.1. The number of fused-ring (bicyclic) bond motifs is 1. The van der Waals surface area contributed by atoms with Gasteiger partial charge in [0.25, 0.3) is 0 Å². The summed E-state index contributed by atoms with van der Waals surface area (Å²) in [7, 11) is 0. The first-order valence-corrected chi connectivity index (χ1v) is 6.33. The SMILES string of the molecule is c1csc(N2CCC3NCCC3C2)c1. The third-order valence-electron chi connectivity index (χ3n) is 3.47. The standard InChI is InChI=1S/C11H16N2S/c1-2-11(14-7-1)13-6-4-10-9(8-13)3-5-12-10/h1-2,7,9-10,12H,3-6,8H2. The molecule has 1 N–H and O–H groups in total. The van der Waals surface area contributed by atoms with Crippen LogP contribution in [-0.4, -0.2) is 25.7 Å². The molecule has 3 rings (SSSR count). The summed E-state index contributed by atoms with van der Waals surface area (Å²) in [4.78, 5) is 2.55. The Labute approximate surface area is 88.9 Å². The summed E-state index contributed by atoms with van der Waals surface area (Å²) in [5.41, 5.74) is 0. The fraction of sp³-hybridized carbons (Fsp3) is 0.636. The maximum absolute atomic E-state index is 3.60. The van der Waals surface area contributed by atoms with Crippen LogP contribution in [0.25, 0.3) is 0 Å². The maximum Gasteiger partial charge on any atom is 0.0908 e. The monoisotopic (exact) mass is 208 g/mol. The summed E-state index contributed by atoms with van der Waals surface area (Å²) < 4.78 is 0. The highest BCUT2D eigenvalue weighted by Gasteiger charge is 2.32. The van der Waals surface area contributed by atoms with E-state index in [1.807, 2.05) is 11.3 Å². The zero-order valence-corrected chi connectivity index (χ0v) is 9.09. The maximum atomic E-state index is 3.60. The second-order valence-electron chi connectivity index (χ2n) is 4.30. The molecule has 0 radical (unpaired) electrons.